The molecule has 0 unspecified atom stereocenters. The highest BCUT2D eigenvalue weighted by atomic mass is 79.9. The van der Waals surface area contributed by atoms with Crippen molar-refractivity contribution >= 4 is 32.5 Å². The second-order valence-corrected chi connectivity index (χ2v) is 6.58. The van der Waals surface area contributed by atoms with Crippen LogP contribution in [0.3, 0.4) is 0 Å². The fraction of sp³-hybridized carbons (Fsp3) is 0.176. The maximum Gasteiger partial charge on any atom is 0.270 e. The molecule has 0 radical (unpaired) electrons. The quantitative estimate of drug-likeness (QED) is 0.480. The maximum absolute atomic E-state index is 12.7. The molecule has 26 heavy (non-hydrogen) atoms. The van der Waals surface area contributed by atoms with Crippen molar-refractivity contribution in [2.24, 2.45) is 0 Å². The van der Waals surface area contributed by atoms with Gasteiger partial charge in [0.2, 0.25) is 0 Å². The molecule has 0 aliphatic carbocycles. The van der Waals surface area contributed by atoms with Gasteiger partial charge < -0.3 is 9.47 Å². The number of nitro benzene ring substituents is 1. The number of non-ortho nitro benzene ring substituents is 1. The van der Waals surface area contributed by atoms with Gasteiger partial charge in [0, 0.05) is 16.6 Å². The molecule has 132 valence electrons. The normalized spacial score (nSPS) is 13.0. The molecule has 0 amide bonds. The Hall–Kier alpha value is -2.94. The first-order valence-corrected chi connectivity index (χ1v) is 8.54. The number of fused-ring (bicyclic) bond motifs is 2. The molecule has 4 rings (SSSR count). The number of ether oxygens (including phenoxy) is 2. The van der Waals surface area contributed by atoms with Crippen molar-refractivity contribution < 1.29 is 14.4 Å². The molecule has 1 aliphatic rings. The van der Waals surface area contributed by atoms with Gasteiger partial charge >= 0.3 is 0 Å². The third-order valence-electron chi connectivity index (χ3n) is 4.07. The molecule has 2 heterocycles. The van der Waals surface area contributed by atoms with E-state index in [1.54, 1.807) is 6.07 Å². The first kappa shape index (κ1) is 16.5. The van der Waals surface area contributed by atoms with Gasteiger partial charge in [-0.1, -0.05) is 15.9 Å². The Kier molecular flexibility index (Phi) is 4.08. The molecule has 8 nitrogen and oxygen atoms in total. The van der Waals surface area contributed by atoms with Crippen molar-refractivity contribution in [2.75, 3.05) is 13.2 Å². The van der Waals surface area contributed by atoms with Crippen LogP contribution < -0.4 is 15.0 Å². The highest BCUT2D eigenvalue weighted by Crippen LogP contribution is 2.35. The van der Waals surface area contributed by atoms with E-state index in [0.29, 0.717) is 30.2 Å². The summed E-state index contributed by atoms with van der Waals surface area (Å²) in [6, 6.07) is 7.66. The number of nitrogens with zero attached hydrogens (tertiary/aromatic N) is 3. The van der Waals surface area contributed by atoms with Crippen LogP contribution >= 0.6 is 15.9 Å². The van der Waals surface area contributed by atoms with E-state index in [1.165, 1.54) is 29.1 Å². The van der Waals surface area contributed by atoms with Gasteiger partial charge in [0.05, 0.1) is 28.7 Å². The van der Waals surface area contributed by atoms with Crippen molar-refractivity contribution in [1.82, 2.24) is 9.55 Å². The average molecular weight is 418 g/mol. The van der Waals surface area contributed by atoms with Crippen LogP contribution in [-0.2, 0) is 6.54 Å². The number of halogens is 1. The fourth-order valence-corrected chi connectivity index (χ4v) is 3.23. The Bertz CT molecular complexity index is 1100. The molecule has 0 N–H and O–H groups in total. The fourth-order valence-electron chi connectivity index (χ4n) is 2.78. The lowest BCUT2D eigenvalue weighted by Crippen LogP contribution is -2.22. The van der Waals surface area contributed by atoms with Crippen molar-refractivity contribution in [1.29, 1.82) is 0 Å². The summed E-state index contributed by atoms with van der Waals surface area (Å²) in [4.78, 5) is 27.4. The topological polar surface area (TPSA) is 96.5 Å². The van der Waals surface area contributed by atoms with E-state index in [-0.39, 0.29) is 23.2 Å². The van der Waals surface area contributed by atoms with E-state index in [4.69, 9.17) is 9.47 Å². The van der Waals surface area contributed by atoms with E-state index in [0.717, 1.165) is 10.0 Å². The lowest BCUT2D eigenvalue weighted by molar-refractivity contribution is -0.384. The Morgan fingerprint density at radius 1 is 1.19 bits per heavy atom. The Labute approximate surface area is 155 Å². The van der Waals surface area contributed by atoms with Gasteiger partial charge in [0.25, 0.3) is 11.2 Å². The monoisotopic (exact) mass is 417 g/mol. The van der Waals surface area contributed by atoms with Crippen LogP contribution in [0, 0.1) is 10.1 Å². The first-order valence-electron chi connectivity index (χ1n) is 7.74. The minimum atomic E-state index is -0.534. The van der Waals surface area contributed by atoms with Crippen LogP contribution in [0.5, 0.6) is 11.5 Å². The summed E-state index contributed by atoms with van der Waals surface area (Å²) in [5, 5.41) is 11.2. The Morgan fingerprint density at radius 2 is 1.92 bits per heavy atom. The van der Waals surface area contributed by atoms with Gasteiger partial charge in [-0.05, 0) is 23.8 Å². The number of aromatic nitrogens is 2. The van der Waals surface area contributed by atoms with Crippen LogP contribution in [0.25, 0.3) is 10.9 Å². The Morgan fingerprint density at radius 3 is 2.65 bits per heavy atom. The summed E-state index contributed by atoms with van der Waals surface area (Å²) in [7, 11) is 0. The summed E-state index contributed by atoms with van der Waals surface area (Å²) >= 11 is 3.48. The smallest absolute Gasteiger partial charge is 0.270 e. The van der Waals surface area contributed by atoms with Gasteiger partial charge in [-0.25, -0.2) is 4.98 Å². The molecule has 0 spiro atoms. The average Bonchev–Trinajstić information content (AvgIpc) is 2.64. The van der Waals surface area contributed by atoms with E-state index in [2.05, 4.69) is 20.9 Å². The van der Waals surface area contributed by atoms with Crippen molar-refractivity contribution in [3.8, 4) is 11.5 Å². The largest absolute Gasteiger partial charge is 0.486 e. The Balaban J connectivity index is 1.77. The summed E-state index contributed by atoms with van der Waals surface area (Å²) < 4.78 is 13.3. The summed E-state index contributed by atoms with van der Waals surface area (Å²) in [5.74, 6) is 1.26. The van der Waals surface area contributed by atoms with Crippen LogP contribution in [0.4, 0.5) is 5.69 Å². The third-order valence-corrected chi connectivity index (χ3v) is 4.81. The predicted molar refractivity (Wildman–Crippen MR) is 96.9 cm³/mol. The SMILES string of the molecule is O=c1c2cc([N+](=O)[O-])ccc2ncn1Cc1cc2c(cc1Br)OCCO2. The molecule has 0 saturated carbocycles. The zero-order valence-corrected chi connectivity index (χ0v) is 14.9. The van der Waals surface area contributed by atoms with Gasteiger partial charge in [0.1, 0.15) is 13.2 Å². The van der Waals surface area contributed by atoms with Crippen LogP contribution in [0.1, 0.15) is 5.56 Å². The predicted octanol–water partition coefficient (Wildman–Crippen LogP) is 2.89. The minimum Gasteiger partial charge on any atom is -0.486 e. The molecule has 0 atom stereocenters. The van der Waals surface area contributed by atoms with Gasteiger partial charge in [-0.15, -0.1) is 0 Å². The highest BCUT2D eigenvalue weighted by molar-refractivity contribution is 9.10. The summed E-state index contributed by atoms with van der Waals surface area (Å²) in [6.07, 6.45) is 1.43. The molecule has 0 bridgehead atoms. The van der Waals surface area contributed by atoms with E-state index >= 15 is 0 Å². The molecule has 1 aromatic heterocycles. The number of benzene rings is 2. The molecule has 3 aromatic rings. The lowest BCUT2D eigenvalue weighted by atomic mass is 10.2. The van der Waals surface area contributed by atoms with Gasteiger partial charge in [0.15, 0.2) is 11.5 Å². The standard InChI is InChI=1S/C17H12BrN3O5/c18-13-7-16-15(25-3-4-26-16)5-10(13)8-20-9-19-14-2-1-11(21(23)24)6-12(14)17(20)22/h1-2,5-7,9H,3-4,8H2. The molecule has 2 aromatic carbocycles. The molecule has 0 fully saturated rings. The summed E-state index contributed by atoms with van der Waals surface area (Å²) in [5.41, 5.74) is 0.733. The van der Waals surface area contributed by atoms with Gasteiger partial charge in [-0.2, -0.15) is 0 Å². The number of hydrogen-bond donors (Lipinski definition) is 0. The van der Waals surface area contributed by atoms with Crippen LogP contribution in [0.2, 0.25) is 0 Å². The zero-order valence-electron chi connectivity index (χ0n) is 13.3. The lowest BCUT2D eigenvalue weighted by Gasteiger charge is -2.20. The number of rotatable bonds is 3. The van der Waals surface area contributed by atoms with Gasteiger partial charge in [-0.3, -0.25) is 19.5 Å². The van der Waals surface area contributed by atoms with Crippen molar-refractivity contribution in [3.05, 3.63) is 67.2 Å². The molecule has 0 saturated heterocycles. The van der Waals surface area contributed by atoms with E-state index in [9.17, 15) is 14.9 Å². The molecule has 9 heteroatoms. The number of hydrogen-bond acceptors (Lipinski definition) is 6. The minimum absolute atomic E-state index is 0.144. The zero-order chi connectivity index (χ0) is 18.3. The highest BCUT2D eigenvalue weighted by Gasteiger charge is 2.16. The second-order valence-electron chi connectivity index (χ2n) is 5.72. The molecular weight excluding hydrogens is 406 g/mol. The van der Waals surface area contributed by atoms with Crippen molar-refractivity contribution in [3.63, 3.8) is 0 Å². The summed E-state index contributed by atoms with van der Waals surface area (Å²) in [6.45, 7) is 1.20. The molecular formula is C17H12BrN3O5. The van der Waals surface area contributed by atoms with Crippen LogP contribution in [-0.4, -0.2) is 27.7 Å². The van der Waals surface area contributed by atoms with Crippen molar-refractivity contribution in [2.45, 2.75) is 6.54 Å². The number of nitro groups is 1. The third kappa shape index (κ3) is 2.90. The second kappa shape index (κ2) is 6.41. The van der Waals surface area contributed by atoms with E-state index < -0.39 is 4.92 Å². The maximum atomic E-state index is 12.7. The van der Waals surface area contributed by atoms with E-state index in [1.807, 2.05) is 6.07 Å². The van der Waals surface area contributed by atoms with Crippen LogP contribution in [0.15, 0.2) is 45.9 Å². The molecule has 1 aliphatic heterocycles. The first-order chi connectivity index (χ1) is 12.5.